The monoisotopic (exact) mass is 607 g/mol. The number of allylic oxidation sites excluding steroid dienone is 4. The van der Waals surface area contributed by atoms with Crippen LogP contribution >= 0.6 is 0 Å². The number of ketones is 1. The fourth-order valence-corrected chi connectivity index (χ4v) is 11.8. The van der Waals surface area contributed by atoms with Gasteiger partial charge in [0.25, 0.3) is 0 Å². The average Bonchev–Trinajstić information content (AvgIpc) is 3.61. The van der Waals surface area contributed by atoms with Crippen molar-refractivity contribution in [3.05, 3.63) is 84.0 Å². The first-order valence-electron chi connectivity index (χ1n) is 17.5. The Bertz CT molecular complexity index is 1550. The summed E-state index contributed by atoms with van der Waals surface area (Å²) in [5.74, 6) is 0.526. The lowest BCUT2D eigenvalue weighted by molar-refractivity contribution is -0.177. The van der Waals surface area contributed by atoms with Crippen molar-refractivity contribution in [1.82, 2.24) is 4.90 Å². The van der Waals surface area contributed by atoms with Gasteiger partial charge in [-0.25, -0.2) is 0 Å². The molecule has 9 atom stereocenters. The maximum atomic E-state index is 14.9. The number of carbonyl (C=O) groups is 1. The highest BCUT2D eigenvalue weighted by atomic mass is 16.3. The van der Waals surface area contributed by atoms with E-state index in [2.05, 4.69) is 61.2 Å². The number of benzene rings is 2. The van der Waals surface area contributed by atoms with E-state index < -0.39 is 11.0 Å². The third-order valence-electron chi connectivity index (χ3n) is 14.4. The van der Waals surface area contributed by atoms with E-state index in [9.17, 15) is 20.1 Å². The maximum Gasteiger partial charge on any atom is 0.189 e. The van der Waals surface area contributed by atoms with Crippen LogP contribution in [0.1, 0.15) is 82.0 Å². The number of hydrogen-bond acceptors (Lipinski definition) is 5. The number of β-amino-alcohol motifs (C(OH)–C–C–N with tert-alkyl or cyclic N) is 1. The van der Waals surface area contributed by atoms with E-state index in [4.69, 9.17) is 0 Å². The molecule has 5 nitrogen and oxygen atoms in total. The molecule has 9 unspecified atom stereocenters. The highest BCUT2D eigenvalue weighted by Crippen LogP contribution is 2.78. The number of rotatable bonds is 6. The van der Waals surface area contributed by atoms with Crippen molar-refractivity contribution in [1.29, 1.82) is 0 Å². The van der Waals surface area contributed by atoms with E-state index in [0.717, 1.165) is 74.6 Å². The summed E-state index contributed by atoms with van der Waals surface area (Å²) in [5.41, 5.74) is 1.80. The highest BCUT2D eigenvalue weighted by Gasteiger charge is 2.74. The second-order valence-electron chi connectivity index (χ2n) is 16.0. The molecule has 9 rings (SSSR count). The number of likely N-dealkylation sites (tertiary alicyclic amines) is 1. The largest absolute Gasteiger partial charge is 0.395 e. The molecule has 4 fully saturated rings. The molecular weight excluding hydrogens is 558 g/mol. The Morgan fingerprint density at radius 1 is 0.867 bits per heavy atom. The minimum atomic E-state index is -0.871. The molecule has 3 N–H and O–H groups in total. The Morgan fingerprint density at radius 3 is 2.31 bits per heavy atom. The lowest BCUT2D eigenvalue weighted by atomic mass is 9.32. The molecule has 2 bridgehead atoms. The van der Waals surface area contributed by atoms with E-state index >= 15 is 0 Å². The van der Waals surface area contributed by atoms with Crippen molar-refractivity contribution in [2.45, 2.75) is 89.4 Å². The van der Waals surface area contributed by atoms with Gasteiger partial charge in [-0.15, -0.1) is 0 Å². The van der Waals surface area contributed by atoms with Crippen molar-refractivity contribution in [2.75, 3.05) is 19.7 Å². The number of aliphatic hydroxyl groups is 3. The van der Waals surface area contributed by atoms with Crippen molar-refractivity contribution in [3.63, 3.8) is 0 Å². The Morgan fingerprint density at radius 2 is 1.56 bits per heavy atom. The molecule has 1 saturated heterocycles. The van der Waals surface area contributed by atoms with Crippen LogP contribution in [0.4, 0.5) is 0 Å². The van der Waals surface area contributed by atoms with Gasteiger partial charge in [-0.2, -0.15) is 0 Å². The second-order valence-corrected chi connectivity index (χ2v) is 16.0. The van der Waals surface area contributed by atoms with Crippen LogP contribution in [-0.4, -0.2) is 63.4 Å². The van der Waals surface area contributed by atoms with Crippen LogP contribution in [0.15, 0.2) is 78.4 Å². The Labute approximate surface area is 268 Å². The molecule has 7 aliphatic rings. The van der Waals surface area contributed by atoms with Crippen molar-refractivity contribution >= 4 is 5.78 Å². The summed E-state index contributed by atoms with van der Waals surface area (Å²) >= 11 is 0. The van der Waals surface area contributed by atoms with E-state index in [1.807, 2.05) is 30.3 Å². The van der Waals surface area contributed by atoms with Crippen LogP contribution in [-0.2, 0) is 0 Å². The zero-order valence-corrected chi connectivity index (χ0v) is 26.9. The molecule has 0 amide bonds. The molecule has 238 valence electrons. The van der Waals surface area contributed by atoms with E-state index in [1.165, 1.54) is 0 Å². The summed E-state index contributed by atoms with van der Waals surface area (Å²) in [4.78, 5) is 17.2. The normalized spacial score (nSPS) is 43.4. The fourth-order valence-electron chi connectivity index (χ4n) is 11.8. The second kappa shape index (κ2) is 10.2. The van der Waals surface area contributed by atoms with Crippen LogP contribution in [0.25, 0.3) is 11.1 Å². The smallest absolute Gasteiger partial charge is 0.189 e. The van der Waals surface area contributed by atoms with E-state index in [-0.39, 0.29) is 52.6 Å². The summed E-state index contributed by atoms with van der Waals surface area (Å²) in [6, 6.07) is 18.5. The van der Waals surface area contributed by atoms with Crippen LogP contribution in [0.2, 0.25) is 0 Å². The molecule has 3 saturated carbocycles. The minimum absolute atomic E-state index is 0.0408. The van der Waals surface area contributed by atoms with Gasteiger partial charge in [-0.05, 0) is 92.7 Å². The fraction of sp³-hybridized carbons (Fsp3) is 0.575. The van der Waals surface area contributed by atoms with Crippen molar-refractivity contribution in [2.24, 2.45) is 33.5 Å². The van der Waals surface area contributed by atoms with Gasteiger partial charge in [0.15, 0.2) is 5.78 Å². The summed E-state index contributed by atoms with van der Waals surface area (Å²) in [5, 5.41) is 33.7. The van der Waals surface area contributed by atoms with Gasteiger partial charge in [0.2, 0.25) is 0 Å². The first kappa shape index (κ1) is 29.8. The summed E-state index contributed by atoms with van der Waals surface area (Å²) < 4.78 is 0. The predicted molar refractivity (Wildman–Crippen MR) is 176 cm³/mol. The standard InChI is InChI=1S/C40H49NO4/c1-36-17-14-31(43)23-38(36)20-21-40(32(24-38)35(44)29-12-10-28(11-13-29)27-7-4-3-5-8-27)33(36)15-18-37(2)34(40)16-19-39(37,45)26-41-22-6-9-30(41)25-42/h3-5,7-8,10-13,20-21,24,30-31,33-34,42-43,45H,6,9,14-19,22-23,25-26H2,1-2H3. The first-order valence-corrected chi connectivity index (χ1v) is 17.5. The van der Waals surface area contributed by atoms with Gasteiger partial charge in [0, 0.05) is 40.0 Å². The van der Waals surface area contributed by atoms with Gasteiger partial charge in [-0.1, -0.05) is 86.7 Å². The lowest BCUT2D eigenvalue weighted by Gasteiger charge is -2.71. The third kappa shape index (κ3) is 3.97. The molecule has 0 aromatic heterocycles. The highest BCUT2D eigenvalue weighted by molar-refractivity contribution is 6.10. The van der Waals surface area contributed by atoms with Gasteiger partial charge in [0.05, 0.1) is 18.3 Å². The number of Topliss-reactive ketones (excluding diaryl/α,β-unsaturated/α-hetero) is 1. The first-order chi connectivity index (χ1) is 21.6. The summed E-state index contributed by atoms with van der Waals surface area (Å²) in [6.45, 7) is 6.41. The molecule has 1 heterocycles. The van der Waals surface area contributed by atoms with Crippen molar-refractivity contribution < 1.29 is 20.1 Å². The van der Waals surface area contributed by atoms with E-state index in [0.29, 0.717) is 18.5 Å². The van der Waals surface area contributed by atoms with Gasteiger partial charge in [0.1, 0.15) is 0 Å². The average molecular weight is 608 g/mol. The van der Waals surface area contributed by atoms with Gasteiger partial charge < -0.3 is 15.3 Å². The molecule has 2 aromatic rings. The topological polar surface area (TPSA) is 81.0 Å². The van der Waals surface area contributed by atoms with Crippen LogP contribution in [0.3, 0.4) is 0 Å². The molecule has 1 aliphatic heterocycles. The minimum Gasteiger partial charge on any atom is -0.395 e. The molecule has 45 heavy (non-hydrogen) atoms. The van der Waals surface area contributed by atoms with Crippen LogP contribution < -0.4 is 0 Å². The van der Waals surface area contributed by atoms with Crippen molar-refractivity contribution in [3.8, 4) is 11.1 Å². The third-order valence-corrected chi connectivity index (χ3v) is 14.4. The number of carbonyl (C=O) groups excluding carboxylic acids is 1. The molecular formula is C40H49NO4. The predicted octanol–water partition coefficient (Wildman–Crippen LogP) is 6.58. The quantitative estimate of drug-likeness (QED) is 0.255. The van der Waals surface area contributed by atoms with Gasteiger partial charge in [-0.3, -0.25) is 9.69 Å². The Balaban J connectivity index is 1.22. The number of hydrogen-bond donors (Lipinski definition) is 3. The Hall–Kier alpha value is -2.57. The lowest BCUT2D eigenvalue weighted by Crippen LogP contribution is -2.67. The number of aliphatic hydroxyl groups excluding tert-OH is 2. The number of nitrogens with zero attached hydrogens (tertiary/aromatic N) is 1. The molecule has 2 aromatic carbocycles. The zero-order chi connectivity index (χ0) is 31.2. The van der Waals surface area contributed by atoms with Crippen LogP contribution in [0.5, 0.6) is 0 Å². The van der Waals surface area contributed by atoms with Gasteiger partial charge >= 0.3 is 0 Å². The van der Waals surface area contributed by atoms with Crippen LogP contribution in [0, 0.1) is 33.5 Å². The molecule has 5 heteroatoms. The molecule has 0 radical (unpaired) electrons. The molecule has 6 aliphatic carbocycles. The number of fused-ring (bicyclic) bond motifs is 1. The summed E-state index contributed by atoms with van der Waals surface area (Å²) in [6.07, 6.45) is 14.7. The Kier molecular flexibility index (Phi) is 6.76. The summed E-state index contributed by atoms with van der Waals surface area (Å²) in [7, 11) is 0. The zero-order valence-electron chi connectivity index (χ0n) is 26.9. The van der Waals surface area contributed by atoms with E-state index in [1.54, 1.807) is 0 Å². The molecule has 2 spiro atoms. The maximum absolute atomic E-state index is 14.9. The SMILES string of the molecule is CC12CCC(O)CC13C=CC1(C(C(=O)c4ccc(-c5ccccc5)cc4)=C3)C2CCC2(C)C1CCC2(O)CN1CCCC1CO.